The molecule has 9 nitrogen and oxygen atoms in total. The molecule has 10 heteroatoms. The van der Waals surface area contributed by atoms with Gasteiger partial charge in [-0.15, -0.1) is 0 Å². The van der Waals surface area contributed by atoms with Crippen LogP contribution in [0.5, 0.6) is 0 Å². The van der Waals surface area contributed by atoms with Gasteiger partial charge in [0.1, 0.15) is 18.4 Å². The number of allylic oxidation sites excluding steroid dienone is 1. The Labute approximate surface area is 200 Å². The molecule has 34 heavy (non-hydrogen) atoms. The van der Waals surface area contributed by atoms with Crippen LogP contribution in [-0.4, -0.2) is 54.6 Å². The fourth-order valence-corrected chi connectivity index (χ4v) is 4.56. The van der Waals surface area contributed by atoms with E-state index in [4.69, 9.17) is 13.9 Å². The predicted octanol–water partition coefficient (Wildman–Crippen LogP) is 3.13. The van der Waals surface area contributed by atoms with Crippen molar-refractivity contribution in [2.24, 2.45) is 0 Å². The van der Waals surface area contributed by atoms with E-state index in [9.17, 15) is 14.4 Å². The number of rotatable bonds is 7. The first-order chi connectivity index (χ1) is 15.8. The van der Waals surface area contributed by atoms with Crippen LogP contribution in [0.25, 0.3) is 6.08 Å². The third-order valence-electron chi connectivity index (χ3n) is 6.68. The van der Waals surface area contributed by atoms with E-state index in [-0.39, 0.29) is 23.6 Å². The van der Waals surface area contributed by atoms with Gasteiger partial charge in [-0.25, -0.2) is 9.59 Å². The van der Waals surface area contributed by atoms with Gasteiger partial charge in [0.25, 0.3) is 5.56 Å². The second-order valence-corrected chi connectivity index (χ2v) is 15.1. The van der Waals surface area contributed by atoms with Gasteiger partial charge in [-0.2, -0.15) is 0 Å². The van der Waals surface area contributed by atoms with Crippen LogP contribution in [0.15, 0.2) is 46.4 Å². The lowest BCUT2D eigenvalue weighted by atomic mass is 10.1. The summed E-state index contributed by atoms with van der Waals surface area (Å²) in [5.41, 5.74) is -0.331. The summed E-state index contributed by atoms with van der Waals surface area (Å²) in [6.45, 7) is 14.6. The normalized spacial score (nSPS) is 23.1. The summed E-state index contributed by atoms with van der Waals surface area (Å²) in [5.74, 6) is -0.427. The summed E-state index contributed by atoms with van der Waals surface area (Å²) in [7, 11) is -0.254. The molecule has 3 atom stereocenters. The smallest absolute Gasteiger partial charge is 0.336 e. The Balaban J connectivity index is 1.85. The molecule has 186 valence electrons. The Kier molecular flexibility index (Phi) is 7.54. The zero-order valence-electron chi connectivity index (χ0n) is 20.8. The topological polar surface area (TPSA) is 103 Å². The monoisotopic (exact) mass is 489 g/mol. The van der Waals surface area contributed by atoms with E-state index in [2.05, 4.69) is 45.4 Å². The molecular weight excluding hydrogens is 454 g/mol. The maximum Gasteiger partial charge on any atom is 0.336 e. The van der Waals surface area contributed by atoms with Crippen molar-refractivity contribution in [2.75, 3.05) is 13.7 Å². The Morgan fingerprint density at radius 2 is 2.06 bits per heavy atom. The number of carbonyl (C=O) groups excluding carboxylic acids is 1. The van der Waals surface area contributed by atoms with Gasteiger partial charge < -0.3 is 18.8 Å². The van der Waals surface area contributed by atoms with E-state index in [1.54, 1.807) is 11.1 Å². The molecule has 2 aliphatic rings. The van der Waals surface area contributed by atoms with Crippen LogP contribution in [0.3, 0.4) is 0 Å². The average molecular weight is 490 g/mol. The number of aromatic amines is 1. The minimum absolute atomic E-state index is 0.00424. The zero-order chi connectivity index (χ0) is 25.3. The molecule has 0 spiro atoms. The zero-order valence-corrected chi connectivity index (χ0v) is 21.8. The van der Waals surface area contributed by atoms with Crippen molar-refractivity contribution in [3.05, 3.63) is 63.2 Å². The molecule has 3 rings (SSSR count). The maximum atomic E-state index is 12.9. The van der Waals surface area contributed by atoms with Crippen LogP contribution in [0.2, 0.25) is 18.1 Å². The summed E-state index contributed by atoms with van der Waals surface area (Å²) < 4.78 is 19.7. The van der Waals surface area contributed by atoms with Gasteiger partial charge in [0, 0.05) is 32.3 Å². The molecule has 1 fully saturated rings. The fourth-order valence-electron chi connectivity index (χ4n) is 3.55. The lowest BCUT2D eigenvalue weighted by Crippen LogP contribution is -2.44. The highest BCUT2D eigenvalue weighted by atomic mass is 28.4. The van der Waals surface area contributed by atoms with Gasteiger partial charge in [-0.3, -0.25) is 14.3 Å². The van der Waals surface area contributed by atoms with Crippen molar-refractivity contribution in [1.29, 1.82) is 0 Å². The summed E-state index contributed by atoms with van der Waals surface area (Å²) in [6, 6.07) is 0. The van der Waals surface area contributed by atoms with Crippen molar-refractivity contribution in [2.45, 2.75) is 70.2 Å². The van der Waals surface area contributed by atoms with E-state index in [0.717, 1.165) is 0 Å². The molecular formula is C24H35N3O6Si. The highest BCUT2D eigenvalue weighted by molar-refractivity contribution is 6.74. The fraction of sp³-hybridized carbons (Fsp3) is 0.542. The number of nitrogens with zero attached hydrogens (tertiary/aromatic N) is 2. The maximum absolute atomic E-state index is 12.9. The van der Waals surface area contributed by atoms with E-state index < -0.39 is 44.0 Å². The molecule has 0 aliphatic carbocycles. The molecule has 0 aromatic carbocycles. The second kappa shape index (κ2) is 9.89. The number of aromatic nitrogens is 2. The summed E-state index contributed by atoms with van der Waals surface area (Å²) in [4.78, 5) is 41.4. The highest BCUT2D eigenvalue weighted by Crippen LogP contribution is 2.38. The Hall–Kier alpha value is -2.69. The average Bonchev–Trinajstić information content (AvgIpc) is 3.14. The van der Waals surface area contributed by atoms with Crippen molar-refractivity contribution in [3.8, 4) is 0 Å². The highest BCUT2D eigenvalue weighted by Gasteiger charge is 2.43. The molecule has 3 heterocycles. The number of ether oxygens (including phenoxy) is 2. The molecule has 1 aromatic heterocycles. The Bertz CT molecular complexity index is 1110. The summed E-state index contributed by atoms with van der Waals surface area (Å²) in [5, 5.41) is -0.00424. The predicted molar refractivity (Wildman–Crippen MR) is 133 cm³/mol. The first-order valence-corrected chi connectivity index (χ1v) is 14.3. The van der Waals surface area contributed by atoms with Crippen LogP contribution in [0, 0.1) is 0 Å². The second-order valence-electron chi connectivity index (χ2n) is 10.2. The SMILES string of the molecule is C=Cc1cn([C@H]2C[C@H](OC(=O)C3=CN(C)C=CC3)[C@@H](CO[Si](C)(C)C(C)(C)C)O2)c(=O)[nH]c1=O. The van der Waals surface area contributed by atoms with Crippen LogP contribution in [0.1, 0.15) is 45.4 Å². The van der Waals surface area contributed by atoms with Crippen LogP contribution >= 0.6 is 0 Å². The van der Waals surface area contributed by atoms with Gasteiger partial charge in [-0.05, 0) is 24.3 Å². The molecule has 0 bridgehead atoms. The molecule has 1 saturated heterocycles. The van der Waals surface area contributed by atoms with E-state index in [1.807, 2.05) is 19.3 Å². The Morgan fingerprint density at radius 1 is 1.35 bits per heavy atom. The van der Waals surface area contributed by atoms with Crippen molar-refractivity contribution < 1.29 is 18.7 Å². The van der Waals surface area contributed by atoms with Gasteiger partial charge in [-0.1, -0.05) is 39.5 Å². The molecule has 0 amide bonds. The molecule has 0 unspecified atom stereocenters. The molecule has 1 N–H and O–H groups in total. The molecule has 0 saturated carbocycles. The summed E-state index contributed by atoms with van der Waals surface area (Å²) in [6.07, 6.45) is 7.11. The van der Waals surface area contributed by atoms with E-state index >= 15 is 0 Å². The number of esters is 1. The lowest BCUT2D eigenvalue weighted by Gasteiger charge is -2.37. The van der Waals surface area contributed by atoms with E-state index in [1.165, 1.54) is 16.8 Å². The molecule has 0 radical (unpaired) electrons. The van der Waals surface area contributed by atoms with Crippen LogP contribution < -0.4 is 11.2 Å². The van der Waals surface area contributed by atoms with E-state index in [0.29, 0.717) is 12.0 Å². The van der Waals surface area contributed by atoms with Gasteiger partial charge in [0.05, 0.1) is 17.7 Å². The first-order valence-electron chi connectivity index (χ1n) is 11.4. The van der Waals surface area contributed by atoms with Gasteiger partial charge in [0.2, 0.25) is 0 Å². The Morgan fingerprint density at radius 3 is 2.68 bits per heavy atom. The molecule has 2 aliphatic heterocycles. The number of carbonyl (C=O) groups is 1. The third-order valence-corrected chi connectivity index (χ3v) is 11.2. The van der Waals surface area contributed by atoms with Crippen LogP contribution in [0.4, 0.5) is 0 Å². The van der Waals surface area contributed by atoms with Crippen molar-refractivity contribution in [1.82, 2.24) is 14.5 Å². The molecule has 1 aromatic rings. The summed E-state index contributed by atoms with van der Waals surface area (Å²) >= 11 is 0. The van der Waals surface area contributed by atoms with Gasteiger partial charge in [0.15, 0.2) is 8.32 Å². The number of nitrogens with one attached hydrogen (secondary N) is 1. The quantitative estimate of drug-likeness (QED) is 0.464. The minimum atomic E-state index is -2.09. The number of hydrogen-bond donors (Lipinski definition) is 1. The number of hydrogen-bond acceptors (Lipinski definition) is 7. The van der Waals surface area contributed by atoms with Gasteiger partial charge >= 0.3 is 11.7 Å². The number of H-pyrrole nitrogens is 1. The third kappa shape index (κ3) is 5.68. The largest absolute Gasteiger partial charge is 0.456 e. The lowest BCUT2D eigenvalue weighted by molar-refractivity contribution is -0.148. The van der Waals surface area contributed by atoms with Crippen molar-refractivity contribution in [3.63, 3.8) is 0 Å². The van der Waals surface area contributed by atoms with Crippen molar-refractivity contribution >= 4 is 20.4 Å². The van der Waals surface area contributed by atoms with Crippen LogP contribution in [-0.2, 0) is 18.7 Å². The standard InChI is InChI=1S/C24H35N3O6Si/c1-8-16-14-27(23(30)25-21(16)28)20-12-18(33-22(29)17-10-9-11-26(5)13-17)19(32-20)15-31-34(6,7)24(2,3)4/h8-9,11,13-14,18-20H,1,10,12,15H2,2-7H3,(H,25,28,30)/t18-,19+,20+/m0/s1. The first kappa shape index (κ1) is 25.9. The minimum Gasteiger partial charge on any atom is -0.456 e.